The van der Waals surface area contributed by atoms with Gasteiger partial charge in [0.05, 0.1) is 6.61 Å². The molecule has 1 aliphatic rings. The first-order valence-electron chi connectivity index (χ1n) is 12.9. The molecule has 3 nitrogen and oxygen atoms in total. The number of allylic oxidation sites excluding steroid dienone is 6. The second-order valence-corrected chi connectivity index (χ2v) is 10.6. The molecule has 2 aromatic rings. The van der Waals surface area contributed by atoms with Gasteiger partial charge in [0.15, 0.2) is 5.78 Å². The Bertz CT molecular complexity index is 1240. The lowest BCUT2D eigenvalue weighted by molar-refractivity contribution is -0.139. The first-order chi connectivity index (χ1) is 17.8. The van der Waals surface area contributed by atoms with Crippen LogP contribution in [0.25, 0.3) is 0 Å². The van der Waals surface area contributed by atoms with Crippen molar-refractivity contribution < 1.29 is 14.3 Å². The molecule has 0 aliphatic heterocycles. The van der Waals surface area contributed by atoms with Gasteiger partial charge < -0.3 is 4.74 Å². The van der Waals surface area contributed by atoms with Crippen LogP contribution >= 0.6 is 15.9 Å². The van der Waals surface area contributed by atoms with Crippen LogP contribution in [0.4, 0.5) is 0 Å². The number of halogens is 1. The number of carbonyl (C=O) groups is 2. The maximum Gasteiger partial charge on any atom is 0.334 e. The van der Waals surface area contributed by atoms with Crippen LogP contribution in [0.3, 0.4) is 0 Å². The molecule has 1 aliphatic carbocycles. The van der Waals surface area contributed by atoms with Crippen molar-refractivity contribution in [3.8, 4) is 0 Å². The molecule has 194 valence electrons. The summed E-state index contributed by atoms with van der Waals surface area (Å²) in [7, 11) is 0. The van der Waals surface area contributed by atoms with Crippen molar-refractivity contribution in [2.75, 3.05) is 6.61 Å². The third-order valence-corrected chi connectivity index (χ3v) is 7.67. The van der Waals surface area contributed by atoms with Gasteiger partial charge in [0.1, 0.15) is 0 Å². The summed E-state index contributed by atoms with van der Waals surface area (Å²) in [6.45, 7) is 10.1. The molecule has 0 saturated heterocycles. The molecular weight excluding hydrogens is 524 g/mol. The molecule has 0 fully saturated rings. The molecular formula is C33H37BrO3. The zero-order valence-corrected chi connectivity index (χ0v) is 24.1. The Morgan fingerprint density at radius 3 is 2.32 bits per heavy atom. The molecule has 0 heterocycles. The number of ether oxygens (including phenoxy) is 1. The van der Waals surface area contributed by atoms with E-state index in [4.69, 9.17) is 4.74 Å². The average molecular weight is 562 g/mol. The number of benzene rings is 2. The van der Waals surface area contributed by atoms with Gasteiger partial charge in [0.25, 0.3) is 0 Å². The number of ketones is 1. The van der Waals surface area contributed by atoms with E-state index in [-0.39, 0.29) is 24.3 Å². The van der Waals surface area contributed by atoms with Gasteiger partial charge in [0, 0.05) is 34.4 Å². The molecule has 0 bridgehead atoms. The van der Waals surface area contributed by atoms with E-state index in [1.165, 1.54) is 5.56 Å². The number of rotatable bonds is 9. The molecule has 0 saturated carbocycles. The highest BCUT2D eigenvalue weighted by Crippen LogP contribution is 2.45. The molecule has 2 atom stereocenters. The minimum absolute atomic E-state index is 0.0918. The van der Waals surface area contributed by atoms with Gasteiger partial charge in [0.2, 0.25) is 0 Å². The van der Waals surface area contributed by atoms with Crippen molar-refractivity contribution in [1.82, 2.24) is 0 Å². The van der Waals surface area contributed by atoms with Crippen LogP contribution in [0.15, 0.2) is 105 Å². The van der Waals surface area contributed by atoms with E-state index in [0.717, 1.165) is 38.7 Å². The summed E-state index contributed by atoms with van der Waals surface area (Å²) in [5, 5.41) is 0. The standard InChI is InChI=1S/C33H37BrO3/c1-6-13-24(7-2)18-19-37-33(36)30(22(3)4)32(27-16-11-12-17-28(27)34)31-23(5)20-26(21-29(31)35)25-14-9-8-10-15-25/h6-17,26,32H,18-21H2,1-5H3/b13-6-,24-7+. The van der Waals surface area contributed by atoms with E-state index in [0.29, 0.717) is 18.4 Å². The largest absolute Gasteiger partial charge is 0.462 e. The predicted molar refractivity (Wildman–Crippen MR) is 156 cm³/mol. The Morgan fingerprint density at radius 2 is 1.73 bits per heavy atom. The first kappa shape index (κ1) is 28.6. The molecule has 0 amide bonds. The van der Waals surface area contributed by atoms with Crippen molar-refractivity contribution in [3.05, 3.63) is 116 Å². The number of hydrogen-bond donors (Lipinski definition) is 0. The zero-order valence-electron chi connectivity index (χ0n) is 22.5. The Hall–Kier alpha value is -2.98. The van der Waals surface area contributed by atoms with Gasteiger partial charge in [-0.05, 0) is 69.7 Å². The lowest BCUT2D eigenvalue weighted by Crippen LogP contribution is -2.27. The Balaban J connectivity index is 2.02. The molecule has 0 radical (unpaired) electrons. The SMILES string of the molecule is C/C=C\C(=C/C)CCOC(=O)C(=C(C)C)C(C1=C(C)CC(c2ccccc2)CC1=O)c1ccccc1Br. The van der Waals surface area contributed by atoms with Crippen LogP contribution in [-0.2, 0) is 14.3 Å². The lowest BCUT2D eigenvalue weighted by atomic mass is 9.71. The molecule has 2 aromatic carbocycles. The Kier molecular flexibility index (Phi) is 10.5. The van der Waals surface area contributed by atoms with Gasteiger partial charge in [-0.1, -0.05) is 93.8 Å². The quantitative estimate of drug-likeness (QED) is 0.175. The second-order valence-electron chi connectivity index (χ2n) is 9.75. The van der Waals surface area contributed by atoms with Gasteiger partial charge in [-0.15, -0.1) is 0 Å². The van der Waals surface area contributed by atoms with Crippen LogP contribution in [0.1, 0.15) is 76.8 Å². The summed E-state index contributed by atoms with van der Waals surface area (Å²) < 4.78 is 6.69. The predicted octanol–water partition coefficient (Wildman–Crippen LogP) is 8.79. The van der Waals surface area contributed by atoms with Crippen molar-refractivity contribution in [3.63, 3.8) is 0 Å². The van der Waals surface area contributed by atoms with Gasteiger partial charge in [-0.3, -0.25) is 4.79 Å². The van der Waals surface area contributed by atoms with Crippen LogP contribution in [0.2, 0.25) is 0 Å². The van der Waals surface area contributed by atoms with Crippen LogP contribution in [0.5, 0.6) is 0 Å². The maximum absolute atomic E-state index is 13.8. The molecule has 37 heavy (non-hydrogen) atoms. The summed E-state index contributed by atoms with van der Waals surface area (Å²) >= 11 is 3.69. The van der Waals surface area contributed by atoms with Crippen molar-refractivity contribution in [2.24, 2.45) is 0 Å². The van der Waals surface area contributed by atoms with Crippen molar-refractivity contribution in [1.29, 1.82) is 0 Å². The number of esters is 1. The van der Waals surface area contributed by atoms with E-state index >= 15 is 0 Å². The topological polar surface area (TPSA) is 43.4 Å². The van der Waals surface area contributed by atoms with Gasteiger partial charge in [-0.25, -0.2) is 4.79 Å². The fraction of sp³-hybridized carbons (Fsp3) is 0.333. The average Bonchev–Trinajstić information content (AvgIpc) is 2.87. The van der Waals surface area contributed by atoms with E-state index in [1.807, 2.05) is 95.3 Å². The third-order valence-electron chi connectivity index (χ3n) is 6.94. The van der Waals surface area contributed by atoms with Crippen LogP contribution in [-0.4, -0.2) is 18.4 Å². The van der Waals surface area contributed by atoms with Gasteiger partial charge in [-0.2, -0.15) is 0 Å². The number of Topliss-reactive ketones (excluding diaryl/α,β-unsaturated/α-hetero) is 1. The Morgan fingerprint density at radius 1 is 1.05 bits per heavy atom. The first-order valence-corrected chi connectivity index (χ1v) is 13.7. The monoisotopic (exact) mass is 560 g/mol. The number of carbonyl (C=O) groups excluding carboxylic acids is 2. The highest BCUT2D eigenvalue weighted by Gasteiger charge is 2.37. The minimum Gasteiger partial charge on any atom is -0.462 e. The fourth-order valence-electron chi connectivity index (χ4n) is 5.14. The summed E-state index contributed by atoms with van der Waals surface area (Å²) in [6, 6.07) is 18.1. The van der Waals surface area contributed by atoms with E-state index in [1.54, 1.807) is 0 Å². The molecule has 0 spiro atoms. The fourth-order valence-corrected chi connectivity index (χ4v) is 5.66. The van der Waals surface area contributed by atoms with E-state index in [9.17, 15) is 9.59 Å². The lowest BCUT2D eigenvalue weighted by Gasteiger charge is -2.32. The molecule has 0 N–H and O–H groups in total. The summed E-state index contributed by atoms with van der Waals surface area (Å²) in [6.07, 6.45) is 7.88. The summed E-state index contributed by atoms with van der Waals surface area (Å²) in [4.78, 5) is 27.4. The van der Waals surface area contributed by atoms with Gasteiger partial charge >= 0.3 is 5.97 Å². The highest BCUT2D eigenvalue weighted by molar-refractivity contribution is 9.10. The van der Waals surface area contributed by atoms with Crippen LogP contribution in [0, 0.1) is 0 Å². The normalized spacial score (nSPS) is 17.2. The zero-order chi connectivity index (χ0) is 26.9. The van der Waals surface area contributed by atoms with E-state index in [2.05, 4.69) is 28.1 Å². The molecule has 0 aromatic heterocycles. The van der Waals surface area contributed by atoms with E-state index < -0.39 is 5.92 Å². The third kappa shape index (κ3) is 7.07. The maximum atomic E-state index is 13.8. The van der Waals surface area contributed by atoms with Crippen molar-refractivity contribution >= 4 is 27.7 Å². The Labute approximate surface area is 230 Å². The molecule has 4 heteroatoms. The molecule has 2 unspecified atom stereocenters. The van der Waals surface area contributed by atoms with Crippen molar-refractivity contribution in [2.45, 2.75) is 65.7 Å². The highest BCUT2D eigenvalue weighted by atomic mass is 79.9. The van der Waals surface area contributed by atoms with Crippen LogP contribution < -0.4 is 0 Å². The second kappa shape index (κ2) is 13.5. The number of hydrogen-bond acceptors (Lipinski definition) is 3. The molecule has 3 rings (SSSR count). The minimum atomic E-state index is -0.492. The summed E-state index contributed by atoms with van der Waals surface area (Å²) in [5.74, 6) is -0.622. The summed E-state index contributed by atoms with van der Waals surface area (Å²) in [5.41, 5.74) is 6.33. The smallest absolute Gasteiger partial charge is 0.334 e.